The van der Waals surface area contributed by atoms with Gasteiger partial charge in [-0.3, -0.25) is 9.69 Å². The van der Waals surface area contributed by atoms with Gasteiger partial charge in [-0.15, -0.1) is 11.3 Å². The van der Waals surface area contributed by atoms with Crippen molar-refractivity contribution in [1.82, 2.24) is 4.90 Å². The van der Waals surface area contributed by atoms with Crippen molar-refractivity contribution in [2.24, 2.45) is 5.73 Å². The minimum Gasteiger partial charge on any atom is -0.388 e. The summed E-state index contributed by atoms with van der Waals surface area (Å²) in [6.07, 6.45) is 2.59. The highest BCUT2D eigenvalue weighted by Gasteiger charge is 2.27. The molecule has 5 heteroatoms. The van der Waals surface area contributed by atoms with Gasteiger partial charge >= 0.3 is 0 Å². The normalized spacial score (nSPS) is 19.8. The van der Waals surface area contributed by atoms with Crippen LogP contribution in [0.1, 0.15) is 46.2 Å². The Kier molecular flexibility index (Phi) is 5.10. The topological polar surface area (TPSA) is 66.6 Å². The van der Waals surface area contributed by atoms with E-state index < -0.39 is 6.10 Å². The van der Waals surface area contributed by atoms with Crippen molar-refractivity contribution >= 4 is 17.2 Å². The number of benzene rings is 1. The van der Waals surface area contributed by atoms with Crippen molar-refractivity contribution in [3.8, 4) is 0 Å². The predicted molar refractivity (Wildman–Crippen MR) is 92.3 cm³/mol. The number of thiophene rings is 1. The lowest BCUT2D eigenvalue weighted by Crippen LogP contribution is -2.30. The molecular formula is C18H22N2O2S. The van der Waals surface area contributed by atoms with Crippen LogP contribution in [-0.4, -0.2) is 28.5 Å². The second-order valence-electron chi connectivity index (χ2n) is 6.09. The molecule has 3 N–H and O–H groups in total. The molecule has 0 saturated carbocycles. The predicted octanol–water partition coefficient (Wildman–Crippen LogP) is 2.94. The van der Waals surface area contributed by atoms with E-state index in [2.05, 4.69) is 4.90 Å². The number of hydrogen-bond acceptors (Lipinski definition) is 4. The van der Waals surface area contributed by atoms with Crippen molar-refractivity contribution in [3.63, 3.8) is 0 Å². The van der Waals surface area contributed by atoms with E-state index in [-0.39, 0.29) is 5.91 Å². The molecule has 4 nitrogen and oxygen atoms in total. The van der Waals surface area contributed by atoms with Crippen LogP contribution < -0.4 is 5.73 Å². The number of carbonyl (C=O) groups excluding carboxylic acids is 1. The number of nitrogens with zero attached hydrogens (tertiary/aromatic N) is 1. The highest BCUT2D eigenvalue weighted by Crippen LogP contribution is 2.29. The Labute approximate surface area is 140 Å². The summed E-state index contributed by atoms with van der Waals surface area (Å²) >= 11 is 1.58. The lowest BCUT2D eigenvalue weighted by atomic mass is 10.0. The summed E-state index contributed by atoms with van der Waals surface area (Å²) in [4.78, 5) is 14.8. The van der Waals surface area contributed by atoms with E-state index in [1.54, 1.807) is 11.3 Å². The van der Waals surface area contributed by atoms with Crippen LogP contribution in [0.25, 0.3) is 0 Å². The van der Waals surface area contributed by atoms with E-state index in [9.17, 15) is 9.90 Å². The molecule has 23 heavy (non-hydrogen) atoms. The lowest BCUT2D eigenvalue weighted by molar-refractivity contribution is 0.100. The van der Waals surface area contributed by atoms with E-state index in [1.165, 1.54) is 0 Å². The minimum absolute atomic E-state index is 0.370. The van der Waals surface area contributed by atoms with E-state index >= 15 is 0 Å². The third kappa shape index (κ3) is 3.99. The maximum Gasteiger partial charge on any atom is 0.249 e. The molecular weight excluding hydrogens is 308 g/mol. The molecule has 2 aromatic rings. The van der Waals surface area contributed by atoms with Crippen LogP contribution in [0.4, 0.5) is 0 Å². The second-order valence-corrected chi connectivity index (χ2v) is 7.09. The van der Waals surface area contributed by atoms with Crippen molar-refractivity contribution < 1.29 is 9.90 Å². The average Bonchev–Trinajstić information content (AvgIpc) is 3.19. The summed E-state index contributed by atoms with van der Waals surface area (Å²) in [5, 5.41) is 12.3. The van der Waals surface area contributed by atoms with Crippen molar-refractivity contribution in [2.75, 3.05) is 6.54 Å². The van der Waals surface area contributed by atoms with Crippen molar-refractivity contribution in [2.45, 2.75) is 38.0 Å². The van der Waals surface area contributed by atoms with Gasteiger partial charge in [-0.25, -0.2) is 0 Å². The van der Waals surface area contributed by atoms with E-state index in [0.717, 1.165) is 42.8 Å². The van der Waals surface area contributed by atoms with Gasteiger partial charge in [0.2, 0.25) is 5.91 Å². The monoisotopic (exact) mass is 330 g/mol. The van der Waals surface area contributed by atoms with Crippen LogP contribution >= 0.6 is 11.3 Å². The number of likely N-dealkylation sites (tertiary alicyclic amines) is 1. The van der Waals surface area contributed by atoms with Crippen LogP contribution in [-0.2, 0) is 6.54 Å². The number of amides is 1. The quantitative estimate of drug-likeness (QED) is 0.856. The third-order valence-corrected chi connectivity index (χ3v) is 5.40. The molecule has 1 aromatic heterocycles. The summed E-state index contributed by atoms with van der Waals surface area (Å²) in [5.41, 5.74) is 6.88. The van der Waals surface area contributed by atoms with Crippen molar-refractivity contribution in [3.05, 3.63) is 57.8 Å². The summed E-state index contributed by atoms with van der Waals surface area (Å²) in [5.74, 6) is -0.370. The Morgan fingerprint density at radius 2 is 2.17 bits per heavy atom. The van der Waals surface area contributed by atoms with Crippen LogP contribution in [0.15, 0.2) is 41.8 Å². The Hall–Kier alpha value is -1.69. The Morgan fingerprint density at radius 1 is 1.39 bits per heavy atom. The maximum atomic E-state index is 11.2. The van der Waals surface area contributed by atoms with Crippen LogP contribution in [0.5, 0.6) is 0 Å². The van der Waals surface area contributed by atoms with Crippen LogP contribution in [0.2, 0.25) is 0 Å². The largest absolute Gasteiger partial charge is 0.388 e. The number of aliphatic hydroxyl groups is 1. The SMILES string of the molecule is NC(=O)c1csc(CN2CCCC2CC(O)c2ccccc2)c1. The highest BCUT2D eigenvalue weighted by molar-refractivity contribution is 7.10. The fraction of sp³-hybridized carbons (Fsp3) is 0.389. The van der Waals surface area contributed by atoms with Gasteiger partial charge in [-0.2, -0.15) is 0 Å². The van der Waals surface area contributed by atoms with Gasteiger partial charge in [0.05, 0.1) is 11.7 Å². The zero-order valence-corrected chi connectivity index (χ0v) is 13.8. The molecule has 0 radical (unpaired) electrons. The maximum absolute atomic E-state index is 11.2. The molecule has 2 atom stereocenters. The number of rotatable bonds is 6. The fourth-order valence-corrected chi connectivity index (χ4v) is 4.13. The van der Waals surface area contributed by atoms with E-state index in [1.807, 2.05) is 41.8 Å². The average molecular weight is 330 g/mol. The van der Waals surface area contributed by atoms with Gasteiger partial charge in [0, 0.05) is 22.8 Å². The smallest absolute Gasteiger partial charge is 0.249 e. The Morgan fingerprint density at radius 3 is 2.87 bits per heavy atom. The van der Waals surface area contributed by atoms with Gasteiger partial charge in [0.15, 0.2) is 0 Å². The summed E-state index contributed by atoms with van der Waals surface area (Å²) in [7, 11) is 0. The van der Waals surface area contributed by atoms with Gasteiger partial charge in [-0.1, -0.05) is 30.3 Å². The van der Waals surface area contributed by atoms with Gasteiger partial charge < -0.3 is 10.8 Å². The van der Waals surface area contributed by atoms with E-state index in [4.69, 9.17) is 5.73 Å². The number of aliphatic hydroxyl groups excluding tert-OH is 1. The third-order valence-electron chi connectivity index (χ3n) is 4.48. The Balaban J connectivity index is 1.62. The molecule has 1 aliphatic rings. The molecule has 122 valence electrons. The van der Waals surface area contributed by atoms with Gasteiger partial charge in [-0.05, 0) is 37.4 Å². The summed E-state index contributed by atoms with van der Waals surface area (Å²) in [6.45, 7) is 1.86. The summed E-state index contributed by atoms with van der Waals surface area (Å²) in [6, 6.07) is 12.1. The van der Waals surface area contributed by atoms with Gasteiger partial charge in [0.1, 0.15) is 0 Å². The van der Waals surface area contributed by atoms with Crippen LogP contribution in [0.3, 0.4) is 0 Å². The molecule has 2 heterocycles. The highest BCUT2D eigenvalue weighted by atomic mass is 32.1. The molecule has 0 bridgehead atoms. The molecule has 2 unspecified atom stereocenters. The fourth-order valence-electron chi connectivity index (χ4n) is 3.23. The molecule has 1 aromatic carbocycles. The second kappa shape index (κ2) is 7.25. The molecule has 3 rings (SSSR count). The molecule has 0 spiro atoms. The molecule has 1 fully saturated rings. The molecule has 0 aliphatic carbocycles. The standard InChI is InChI=1S/C18H22N2O2S/c19-18(22)14-9-16(23-12-14)11-20-8-4-7-15(20)10-17(21)13-5-2-1-3-6-13/h1-3,5-6,9,12,15,17,21H,4,7-8,10-11H2,(H2,19,22). The minimum atomic E-state index is -0.425. The number of nitrogens with two attached hydrogens (primary N) is 1. The Bertz CT molecular complexity index is 656. The van der Waals surface area contributed by atoms with Crippen LogP contribution in [0, 0.1) is 0 Å². The molecule has 1 saturated heterocycles. The summed E-state index contributed by atoms with van der Waals surface area (Å²) < 4.78 is 0. The first kappa shape index (κ1) is 16.2. The first-order valence-corrected chi connectivity index (χ1v) is 8.85. The first-order chi connectivity index (χ1) is 11.1. The van der Waals surface area contributed by atoms with E-state index in [0.29, 0.717) is 11.6 Å². The van der Waals surface area contributed by atoms with Crippen molar-refractivity contribution in [1.29, 1.82) is 0 Å². The number of carbonyl (C=O) groups is 1. The van der Waals surface area contributed by atoms with Gasteiger partial charge in [0.25, 0.3) is 0 Å². The zero-order valence-electron chi connectivity index (χ0n) is 13.0. The zero-order chi connectivity index (χ0) is 16.2. The molecule has 1 amide bonds. The lowest BCUT2D eigenvalue weighted by Gasteiger charge is -2.26. The molecule has 1 aliphatic heterocycles. The first-order valence-electron chi connectivity index (χ1n) is 7.98. The number of primary amides is 1. The number of hydrogen-bond donors (Lipinski definition) is 2.